The molecular weight excluding hydrogens is 265 g/mol. The number of likely N-dealkylation sites (tertiary alicyclic amines) is 1. The molecule has 2 atom stereocenters. The molecule has 1 aliphatic rings. The molecule has 1 fully saturated rings. The van der Waals surface area contributed by atoms with Crippen molar-refractivity contribution in [1.82, 2.24) is 4.90 Å². The molecule has 2 unspecified atom stereocenters. The SMILES string of the molecule is CC(C)(C)OC(=O)CN1CC(CCl)C(Cl)C1=O. The summed E-state index contributed by atoms with van der Waals surface area (Å²) in [7, 11) is 0. The van der Waals surface area contributed by atoms with Gasteiger partial charge in [-0.1, -0.05) is 0 Å². The highest BCUT2D eigenvalue weighted by atomic mass is 35.5. The first-order chi connectivity index (χ1) is 7.74. The van der Waals surface area contributed by atoms with Crippen LogP contribution in [-0.2, 0) is 14.3 Å². The molecule has 0 radical (unpaired) electrons. The molecule has 4 nitrogen and oxygen atoms in total. The van der Waals surface area contributed by atoms with Gasteiger partial charge in [-0.15, -0.1) is 23.2 Å². The van der Waals surface area contributed by atoms with Gasteiger partial charge in [0.05, 0.1) is 0 Å². The second-order valence-electron chi connectivity index (χ2n) is 5.12. The summed E-state index contributed by atoms with van der Waals surface area (Å²) in [4.78, 5) is 24.7. The number of halogens is 2. The van der Waals surface area contributed by atoms with Gasteiger partial charge in [0.25, 0.3) is 0 Å². The minimum absolute atomic E-state index is 0.0628. The largest absolute Gasteiger partial charge is 0.459 e. The molecule has 0 bridgehead atoms. The highest BCUT2D eigenvalue weighted by molar-refractivity contribution is 6.32. The van der Waals surface area contributed by atoms with Crippen LogP contribution in [0.2, 0.25) is 0 Å². The van der Waals surface area contributed by atoms with E-state index in [0.29, 0.717) is 12.4 Å². The van der Waals surface area contributed by atoms with Crippen LogP contribution in [0.15, 0.2) is 0 Å². The Hall–Kier alpha value is -0.480. The van der Waals surface area contributed by atoms with Crippen molar-refractivity contribution in [3.8, 4) is 0 Å². The topological polar surface area (TPSA) is 46.6 Å². The van der Waals surface area contributed by atoms with Gasteiger partial charge in [0.1, 0.15) is 17.5 Å². The third kappa shape index (κ3) is 4.03. The van der Waals surface area contributed by atoms with Crippen molar-refractivity contribution in [3.05, 3.63) is 0 Å². The third-order valence-electron chi connectivity index (χ3n) is 2.35. The van der Waals surface area contributed by atoms with Crippen LogP contribution in [0.3, 0.4) is 0 Å². The maximum absolute atomic E-state index is 11.7. The van der Waals surface area contributed by atoms with Gasteiger partial charge in [-0.25, -0.2) is 0 Å². The first kappa shape index (κ1) is 14.6. The molecule has 0 N–H and O–H groups in total. The summed E-state index contributed by atoms with van der Waals surface area (Å²) >= 11 is 11.6. The molecule has 1 saturated heterocycles. The number of hydrogen-bond donors (Lipinski definition) is 0. The van der Waals surface area contributed by atoms with E-state index in [4.69, 9.17) is 27.9 Å². The van der Waals surface area contributed by atoms with Crippen LogP contribution in [0.1, 0.15) is 20.8 Å². The molecule has 0 aliphatic carbocycles. The Bertz CT molecular complexity index is 314. The minimum atomic E-state index is -0.630. The Labute approximate surface area is 111 Å². The number of carbonyl (C=O) groups is 2. The van der Waals surface area contributed by atoms with Gasteiger partial charge in [0, 0.05) is 18.3 Å². The van der Waals surface area contributed by atoms with Gasteiger partial charge in [-0.3, -0.25) is 9.59 Å². The molecule has 98 valence electrons. The van der Waals surface area contributed by atoms with Crippen molar-refractivity contribution in [2.45, 2.75) is 31.7 Å². The van der Waals surface area contributed by atoms with E-state index in [2.05, 4.69) is 0 Å². The number of alkyl halides is 2. The summed E-state index contributed by atoms with van der Waals surface area (Å²) in [5, 5.41) is -0.630. The van der Waals surface area contributed by atoms with E-state index < -0.39 is 16.9 Å². The first-order valence-corrected chi connectivity index (χ1v) is 6.42. The molecule has 0 aromatic heterocycles. The summed E-state index contributed by atoms with van der Waals surface area (Å²) in [6, 6.07) is 0. The van der Waals surface area contributed by atoms with E-state index in [1.807, 2.05) is 0 Å². The van der Waals surface area contributed by atoms with Crippen molar-refractivity contribution >= 4 is 35.1 Å². The van der Waals surface area contributed by atoms with Gasteiger partial charge in [0.2, 0.25) is 5.91 Å². The zero-order valence-electron chi connectivity index (χ0n) is 10.2. The molecule has 1 rings (SSSR count). The molecule has 1 heterocycles. The predicted octanol–water partition coefficient (Wildman–Crippen LogP) is 1.63. The zero-order valence-corrected chi connectivity index (χ0v) is 11.7. The van der Waals surface area contributed by atoms with Gasteiger partial charge in [-0.05, 0) is 20.8 Å². The molecule has 1 aliphatic heterocycles. The van der Waals surface area contributed by atoms with Crippen molar-refractivity contribution in [3.63, 3.8) is 0 Å². The molecule has 0 aromatic rings. The van der Waals surface area contributed by atoms with E-state index >= 15 is 0 Å². The fourth-order valence-electron chi connectivity index (χ4n) is 1.64. The van der Waals surface area contributed by atoms with Crippen LogP contribution < -0.4 is 0 Å². The van der Waals surface area contributed by atoms with Crippen LogP contribution in [0.5, 0.6) is 0 Å². The van der Waals surface area contributed by atoms with Gasteiger partial charge in [0.15, 0.2) is 0 Å². The van der Waals surface area contributed by atoms with Crippen LogP contribution in [-0.4, -0.2) is 46.7 Å². The van der Waals surface area contributed by atoms with Gasteiger partial charge >= 0.3 is 5.97 Å². The van der Waals surface area contributed by atoms with E-state index in [0.717, 1.165) is 0 Å². The number of rotatable bonds is 3. The van der Waals surface area contributed by atoms with E-state index in [9.17, 15) is 9.59 Å². The smallest absolute Gasteiger partial charge is 0.326 e. The summed E-state index contributed by atoms with van der Waals surface area (Å²) in [5.41, 5.74) is -0.549. The van der Waals surface area contributed by atoms with Crippen LogP contribution in [0.25, 0.3) is 0 Å². The number of carbonyl (C=O) groups excluding carboxylic acids is 2. The Kier molecular flexibility index (Phi) is 4.67. The van der Waals surface area contributed by atoms with E-state index in [-0.39, 0.29) is 18.4 Å². The average molecular weight is 282 g/mol. The Balaban J connectivity index is 2.53. The number of nitrogens with zero attached hydrogens (tertiary/aromatic N) is 1. The van der Waals surface area contributed by atoms with Crippen LogP contribution >= 0.6 is 23.2 Å². The van der Waals surface area contributed by atoms with Crippen molar-refractivity contribution in [2.24, 2.45) is 5.92 Å². The summed E-state index contributed by atoms with van der Waals surface area (Å²) in [6.45, 7) is 5.69. The quantitative estimate of drug-likeness (QED) is 0.584. The molecule has 0 saturated carbocycles. The lowest BCUT2D eigenvalue weighted by Crippen LogP contribution is -2.36. The lowest BCUT2D eigenvalue weighted by molar-refractivity contribution is -0.158. The first-order valence-electron chi connectivity index (χ1n) is 5.45. The summed E-state index contributed by atoms with van der Waals surface area (Å²) in [6.07, 6.45) is 0. The standard InChI is InChI=1S/C11H17Cl2NO3/c1-11(2,3)17-8(15)6-14-5-7(4-12)9(13)10(14)16/h7,9H,4-6H2,1-3H3. The van der Waals surface area contributed by atoms with Gasteiger partial charge in [-0.2, -0.15) is 0 Å². The summed E-state index contributed by atoms with van der Waals surface area (Å²) < 4.78 is 5.14. The fourth-order valence-corrected chi connectivity index (χ4v) is 2.31. The second kappa shape index (κ2) is 5.44. The fraction of sp³-hybridized carbons (Fsp3) is 0.818. The number of ether oxygens (including phenoxy) is 1. The van der Waals surface area contributed by atoms with Gasteiger partial charge < -0.3 is 9.64 Å². The lowest BCUT2D eigenvalue weighted by Gasteiger charge is -2.22. The molecule has 0 spiro atoms. The molecule has 1 amide bonds. The maximum Gasteiger partial charge on any atom is 0.326 e. The molecule has 17 heavy (non-hydrogen) atoms. The second-order valence-corrected chi connectivity index (χ2v) is 5.90. The summed E-state index contributed by atoms with van der Waals surface area (Å²) in [5.74, 6) is -0.466. The maximum atomic E-state index is 11.7. The highest BCUT2D eigenvalue weighted by Gasteiger charge is 2.39. The number of hydrogen-bond acceptors (Lipinski definition) is 3. The van der Waals surface area contributed by atoms with Crippen molar-refractivity contribution in [1.29, 1.82) is 0 Å². The predicted molar refractivity (Wildman–Crippen MR) is 66.3 cm³/mol. The monoisotopic (exact) mass is 281 g/mol. The number of esters is 1. The van der Waals surface area contributed by atoms with E-state index in [1.165, 1.54) is 4.90 Å². The Morgan fingerprint density at radius 1 is 1.53 bits per heavy atom. The normalized spacial score (nSPS) is 25.2. The Morgan fingerprint density at radius 2 is 2.12 bits per heavy atom. The van der Waals surface area contributed by atoms with Crippen LogP contribution in [0, 0.1) is 5.92 Å². The Morgan fingerprint density at radius 3 is 2.53 bits per heavy atom. The average Bonchev–Trinajstić information content (AvgIpc) is 2.43. The van der Waals surface area contributed by atoms with Crippen molar-refractivity contribution in [2.75, 3.05) is 19.0 Å². The van der Waals surface area contributed by atoms with Crippen molar-refractivity contribution < 1.29 is 14.3 Å². The lowest BCUT2D eigenvalue weighted by atomic mass is 10.1. The minimum Gasteiger partial charge on any atom is -0.459 e. The third-order valence-corrected chi connectivity index (χ3v) is 3.29. The molecular formula is C11H17Cl2NO3. The molecule has 0 aromatic carbocycles. The van der Waals surface area contributed by atoms with Crippen LogP contribution in [0.4, 0.5) is 0 Å². The molecule has 6 heteroatoms. The number of amides is 1. The highest BCUT2D eigenvalue weighted by Crippen LogP contribution is 2.24. The zero-order chi connectivity index (χ0) is 13.2. The van der Waals surface area contributed by atoms with E-state index in [1.54, 1.807) is 20.8 Å².